The summed E-state index contributed by atoms with van der Waals surface area (Å²) in [6.07, 6.45) is -2.26. The van der Waals surface area contributed by atoms with Crippen molar-refractivity contribution in [2.75, 3.05) is 6.61 Å². The third-order valence-electron chi connectivity index (χ3n) is 2.53. The van der Waals surface area contributed by atoms with Gasteiger partial charge in [-0.15, -0.1) is 0 Å². The zero-order valence-corrected chi connectivity index (χ0v) is 9.50. The van der Waals surface area contributed by atoms with Crippen molar-refractivity contribution < 1.29 is 25.2 Å². The maximum atomic E-state index is 11.2. The van der Waals surface area contributed by atoms with E-state index in [1.807, 2.05) is 0 Å². The Morgan fingerprint density at radius 1 is 1.35 bits per heavy atom. The van der Waals surface area contributed by atoms with Crippen LogP contribution in [-0.2, 0) is 0 Å². The second-order valence-corrected chi connectivity index (χ2v) is 3.86. The fourth-order valence-electron chi connectivity index (χ4n) is 1.53. The molecule has 94 valence electrons. The van der Waals surface area contributed by atoms with Crippen LogP contribution in [0.4, 0.5) is 0 Å². The molecule has 0 aliphatic rings. The minimum Gasteiger partial charge on any atom is -0.507 e. The van der Waals surface area contributed by atoms with Crippen molar-refractivity contribution in [3.63, 3.8) is 0 Å². The van der Waals surface area contributed by atoms with Crippen molar-refractivity contribution in [1.29, 1.82) is 0 Å². The number of aliphatic hydroxyl groups is 3. The van der Waals surface area contributed by atoms with Gasteiger partial charge in [0.25, 0.3) is 0 Å². The fourth-order valence-corrected chi connectivity index (χ4v) is 1.53. The molecule has 5 nitrogen and oxygen atoms in total. The lowest BCUT2D eigenvalue weighted by Gasteiger charge is -2.18. The van der Waals surface area contributed by atoms with Gasteiger partial charge in [-0.05, 0) is 31.0 Å². The molecule has 5 heteroatoms. The Balaban J connectivity index is 2.99. The van der Waals surface area contributed by atoms with Crippen LogP contribution in [0.25, 0.3) is 0 Å². The molecule has 0 radical (unpaired) electrons. The Labute approximate surface area is 99.0 Å². The third kappa shape index (κ3) is 3.26. The Hall–Kier alpha value is -1.43. The van der Waals surface area contributed by atoms with Gasteiger partial charge in [-0.2, -0.15) is 0 Å². The molecule has 0 aliphatic heterocycles. The van der Waals surface area contributed by atoms with Crippen LogP contribution in [0.15, 0.2) is 18.2 Å². The van der Waals surface area contributed by atoms with E-state index >= 15 is 0 Å². The van der Waals surface area contributed by atoms with Gasteiger partial charge in [0.05, 0.1) is 11.7 Å². The van der Waals surface area contributed by atoms with E-state index in [0.717, 1.165) is 0 Å². The Bertz CT molecular complexity index is 402. The van der Waals surface area contributed by atoms with Gasteiger partial charge in [-0.3, -0.25) is 4.79 Å². The highest BCUT2D eigenvalue weighted by molar-refractivity contribution is 5.96. The Morgan fingerprint density at radius 2 is 2.00 bits per heavy atom. The number of carbonyl (C=O) groups is 1. The highest BCUT2D eigenvalue weighted by atomic mass is 16.3. The van der Waals surface area contributed by atoms with Gasteiger partial charge in [0.15, 0.2) is 5.78 Å². The summed E-state index contributed by atoms with van der Waals surface area (Å²) in [6, 6.07) is 4.05. The van der Waals surface area contributed by atoms with Gasteiger partial charge in [0.1, 0.15) is 11.9 Å². The van der Waals surface area contributed by atoms with Crippen molar-refractivity contribution in [2.45, 2.75) is 25.6 Å². The number of Topliss-reactive ketones (excluding diaryl/α,β-unsaturated/α-hetero) is 1. The molecule has 0 fully saturated rings. The zero-order chi connectivity index (χ0) is 13.0. The first-order chi connectivity index (χ1) is 7.97. The molecular formula is C12H16O5. The smallest absolute Gasteiger partial charge is 0.163 e. The van der Waals surface area contributed by atoms with Crippen LogP contribution in [0.3, 0.4) is 0 Å². The summed E-state index contributed by atoms with van der Waals surface area (Å²) in [4.78, 5) is 11.2. The number of hydrogen-bond donors (Lipinski definition) is 4. The minimum absolute atomic E-state index is 0.0391. The van der Waals surface area contributed by atoms with Gasteiger partial charge in [0.2, 0.25) is 0 Å². The summed E-state index contributed by atoms with van der Waals surface area (Å²) in [6.45, 7) is 1.06. The molecule has 2 unspecified atom stereocenters. The second kappa shape index (κ2) is 5.77. The van der Waals surface area contributed by atoms with Crippen molar-refractivity contribution in [2.24, 2.45) is 0 Å². The number of aromatic hydroxyl groups is 1. The molecule has 0 spiro atoms. The molecule has 1 aromatic rings. The van der Waals surface area contributed by atoms with Crippen molar-refractivity contribution in [1.82, 2.24) is 0 Å². The number of ketones is 1. The van der Waals surface area contributed by atoms with Crippen LogP contribution in [0.5, 0.6) is 5.75 Å². The number of hydrogen-bond acceptors (Lipinski definition) is 5. The largest absolute Gasteiger partial charge is 0.507 e. The molecule has 0 aliphatic carbocycles. The maximum Gasteiger partial charge on any atom is 0.163 e. The van der Waals surface area contributed by atoms with Crippen LogP contribution >= 0.6 is 0 Å². The Kier molecular flexibility index (Phi) is 4.62. The minimum atomic E-state index is -1.19. The lowest BCUT2D eigenvalue weighted by Crippen LogP contribution is -2.19. The molecule has 0 bridgehead atoms. The summed E-state index contributed by atoms with van der Waals surface area (Å²) in [5.74, 6) is -0.488. The third-order valence-corrected chi connectivity index (χ3v) is 2.53. The summed E-state index contributed by atoms with van der Waals surface area (Å²) in [7, 11) is 0. The molecular weight excluding hydrogens is 224 g/mol. The van der Waals surface area contributed by atoms with Crippen molar-refractivity contribution in [3.05, 3.63) is 29.3 Å². The van der Waals surface area contributed by atoms with E-state index in [2.05, 4.69) is 0 Å². The quantitative estimate of drug-likeness (QED) is 0.557. The van der Waals surface area contributed by atoms with Gasteiger partial charge < -0.3 is 20.4 Å². The molecule has 4 N–H and O–H groups in total. The first-order valence-corrected chi connectivity index (χ1v) is 5.28. The first-order valence-electron chi connectivity index (χ1n) is 5.28. The molecule has 0 aromatic heterocycles. The van der Waals surface area contributed by atoms with Crippen LogP contribution in [0, 0.1) is 0 Å². The Morgan fingerprint density at radius 3 is 2.53 bits per heavy atom. The SMILES string of the molecule is CC(=O)c1cc(C(O)C(O)CCO)ccc1O. The van der Waals surface area contributed by atoms with Gasteiger partial charge in [-0.25, -0.2) is 0 Å². The monoisotopic (exact) mass is 240 g/mol. The number of rotatable bonds is 5. The normalized spacial score (nSPS) is 14.4. The lowest BCUT2D eigenvalue weighted by molar-refractivity contribution is 0.00416. The van der Waals surface area contributed by atoms with Crippen LogP contribution in [0.1, 0.15) is 35.4 Å². The summed E-state index contributed by atoms with van der Waals surface area (Å²) in [5, 5.41) is 37.4. The molecule has 1 rings (SSSR count). The number of phenolic OH excluding ortho intramolecular Hbond substituents is 1. The van der Waals surface area contributed by atoms with E-state index in [-0.39, 0.29) is 30.1 Å². The standard InChI is InChI=1S/C12H16O5/c1-7(14)9-6-8(2-3-10(9)15)12(17)11(16)4-5-13/h2-3,6,11-13,15-17H,4-5H2,1H3. The van der Waals surface area contributed by atoms with Crippen molar-refractivity contribution >= 4 is 5.78 Å². The summed E-state index contributed by atoms with van der Waals surface area (Å²) in [5.41, 5.74) is 0.423. The number of aliphatic hydroxyl groups excluding tert-OH is 3. The fraction of sp³-hybridized carbons (Fsp3) is 0.417. The molecule has 2 atom stereocenters. The van der Waals surface area contributed by atoms with Crippen molar-refractivity contribution in [3.8, 4) is 5.75 Å². The first kappa shape index (κ1) is 13.6. The summed E-state index contributed by atoms with van der Waals surface area (Å²) < 4.78 is 0. The molecule has 0 saturated carbocycles. The molecule has 0 saturated heterocycles. The highest BCUT2D eigenvalue weighted by Gasteiger charge is 2.19. The van der Waals surface area contributed by atoms with Gasteiger partial charge >= 0.3 is 0 Å². The molecule has 17 heavy (non-hydrogen) atoms. The highest BCUT2D eigenvalue weighted by Crippen LogP contribution is 2.25. The zero-order valence-electron chi connectivity index (χ0n) is 9.50. The number of benzene rings is 1. The van der Waals surface area contributed by atoms with Gasteiger partial charge in [-0.1, -0.05) is 6.07 Å². The number of phenols is 1. The molecule has 0 heterocycles. The van der Waals surface area contributed by atoms with Crippen LogP contribution < -0.4 is 0 Å². The van der Waals surface area contributed by atoms with E-state index in [0.29, 0.717) is 5.56 Å². The predicted octanol–water partition coefficient (Wildman–Crippen LogP) is 0.371. The average Bonchev–Trinajstić information content (AvgIpc) is 2.28. The van der Waals surface area contributed by atoms with Crippen LogP contribution in [-0.4, -0.2) is 38.9 Å². The topological polar surface area (TPSA) is 98.0 Å². The average molecular weight is 240 g/mol. The molecule has 0 amide bonds. The van der Waals surface area contributed by atoms with E-state index in [1.54, 1.807) is 0 Å². The lowest BCUT2D eigenvalue weighted by atomic mass is 9.98. The second-order valence-electron chi connectivity index (χ2n) is 3.86. The maximum absolute atomic E-state index is 11.2. The van der Waals surface area contributed by atoms with Gasteiger partial charge in [0, 0.05) is 6.61 Å². The predicted molar refractivity (Wildman–Crippen MR) is 60.8 cm³/mol. The van der Waals surface area contributed by atoms with E-state index in [1.165, 1.54) is 25.1 Å². The number of carbonyl (C=O) groups excluding carboxylic acids is 1. The van der Waals surface area contributed by atoms with E-state index < -0.39 is 12.2 Å². The van der Waals surface area contributed by atoms with Crippen LogP contribution in [0.2, 0.25) is 0 Å². The van der Waals surface area contributed by atoms with E-state index in [9.17, 15) is 20.1 Å². The molecule has 1 aromatic carbocycles. The summed E-state index contributed by atoms with van der Waals surface area (Å²) >= 11 is 0. The van der Waals surface area contributed by atoms with E-state index in [4.69, 9.17) is 5.11 Å².